The SMILES string of the molecule is c1ccc(-c2ccc(-c3nc(-c4ccc(-c5ccccc5)cc4-c4ccccc4)nc(-c4cccc5c4sc4ccccc45)n3)cc2)cc1. The fourth-order valence-corrected chi connectivity index (χ4v) is 7.73. The molecule has 0 saturated heterocycles. The molecule has 0 aliphatic rings. The third-order valence-corrected chi connectivity index (χ3v) is 10.2. The number of hydrogen-bond acceptors (Lipinski definition) is 4. The molecule has 49 heavy (non-hydrogen) atoms. The number of benzene rings is 7. The van der Waals surface area contributed by atoms with Crippen LogP contribution in [0.3, 0.4) is 0 Å². The molecule has 0 aliphatic heterocycles. The Labute approximate surface area is 288 Å². The monoisotopic (exact) mass is 643 g/mol. The summed E-state index contributed by atoms with van der Waals surface area (Å²) in [5.74, 6) is 1.95. The number of thiophene rings is 1. The van der Waals surface area contributed by atoms with E-state index in [1.54, 1.807) is 11.3 Å². The van der Waals surface area contributed by atoms with Crippen molar-refractivity contribution in [3.05, 3.63) is 176 Å². The highest BCUT2D eigenvalue weighted by atomic mass is 32.1. The standard InChI is InChI=1S/C45H29N3S/c1-4-13-30(14-5-1)32-23-25-34(26-24-32)43-46-44(48-45(47-43)39-21-12-20-37-36-19-10-11-22-41(36)49-42(37)39)38-28-27-35(31-15-6-2-7-16-31)29-40(38)33-17-8-3-9-18-33/h1-29H. The van der Waals surface area contributed by atoms with Gasteiger partial charge in [-0.15, -0.1) is 11.3 Å². The molecule has 230 valence electrons. The van der Waals surface area contributed by atoms with E-state index in [0.717, 1.165) is 38.9 Å². The van der Waals surface area contributed by atoms with Crippen molar-refractivity contribution < 1.29 is 0 Å². The molecule has 0 unspecified atom stereocenters. The molecule has 0 aliphatic carbocycles. The minimum absolute atomic E-state index is 0.642. The lowest BCUT2D eigenvalue weighted by Crippen LogP contribution is -2.01. The summed E-state index contributed by atoms with van der Waals surface area (Å²) in [4.78, 5) is 15.6. The molecule has 4 heteroatoms. The van der Waals surface area contributed by atoms with Crippen molar-refractivity contribution in [3.63, 3.8) is 0 Å². The molecule has 0 saturated carbocycles. The topological polar surface area (TPSA) is 38.7 Å². The molecule has 9 aromatic rings. The Balaban J connectivity index is 1.27. The van der Waals surface area contributed by atoms with Crippen LogP contribution in [0.1, 0.15) is 0 Å². The van der Waals surface area contributed by atoms with Gasteiger partial charge in [0.15, 0.2) is 17.5 Å². The van der Waals surface area contributed by atoms with Crippen LogP contribution in [0.4, 0.5) is 0 Å². The molecule has 0 amide bonds. The molecule has 0 radical (unpaired) electrons. The Kier molecular flexibility index (Phi) is 7.34. The average molecular weight is 644 g/mol. The highest BCUT2D eigenvalue weighted by Gasteiger charge is 2.19. The van der Waals surface area contributed by atoms with E-state index in [0.29, 0.717) is 17.5 Å². The molecule has 0 bridgehead atoms. The van der Waals surface area contributed by atoms with Crippen molar-refractivity contribution in [1.82, 2.24) is 15.0 Å². The predicted octanol–water partition coefficient (Wildman–Crippen LogP) is 12.2. The van der Waals surface area contributed by atoms with Gasteiger partial charge < -0.3 is 0 Å². The summed E-state index contributed by atoms with van der Waals surface area (Å²) in [6, 6.07) is 61.5. The first kappa shape index (κ1) is 29.0. The van der Waals surface area contributed by atoms with Crippen molar-refractivity contribution in [2.45, 2.75) is 0 Å². The maximum absolute atomic E-state index is 5.26. The lowest BCUT2D eigenvalue weighted by atomic mass is 9.94. The molecule has 0 fully saturated rings. The number of fused-ring (bicyclic) bond motifs is 3. The van der Waals surface area contributed by atoms with Gasteiger partial charge in [0.05, 0.1) is 0 Å². The summed E-state index contributed by atoms with van der Waals surface area (Å²) >= 11 is 1.79. The fourth-order valence-electron chi connectivity index (χ4n) is 6.52. The summed E-state index contributed by atoms with van der Waals surface area (Å²) in [5, 5.41) is 2.46. The van der Waals surface area contributed by atoms with E-state index in [9.17, 15) is 0 Å². The van der Waals surface area contributed by atoms with Crippen LogP contribution in [-0.4, -0.2) is 15.0 Å². The van der Waals surface area contributed by atoms with Gasteiger partial charge in [-0.2, -0.15) is 0 Å². The largest absolute Gasteiger partial charge is 0.208 e. The predicted molar refractivity (Wildman–Crippen MR) is 205 cm³/mol. The number of nitrogens with zero attached hydrogens (tertiary/aromatic N) is 3. The zero-order valence-corrected chi connectivity index (χ0v) is 27.3. The van der Waals surface area contributed by atoms with E-state index >= 15 is 0 Å². The Bertz CT molecular complexity index is 2580. The van der Waals surface area contributed by atoms with Crippen LogP contribution in [-0.2, 0) is 0 Å². The third-order valence-electron chi connectivity index (χ3n) is 8.98. The second-order valence-corrected chi connectivity index (χ2v) is 13.1. The van der Waals surface area contributed by atoms with E-state index in [4.69, 9.17) is 15.0 Å². The second kappa shape index (κ2) is 12.4. The Morgan fingerprint density at radius 3 is 1.53 bits per heavy atom. The average Bonchev–Trinajstić information content (AvgIpc) is 3.58. The Morgan fingerprint density at radius 1 is 0.306 bits per heavy atom. The summed E-state index contributed by atoms with van der Waals surface area (Å²) in [6.07, 6.45) is 0. The Hall–Kier alpha value is -6.23. The molecule has 0 N–H and O–H groups in total. The highest BCUT2D eigenvalue weighted by molar-refractivity contribution is 7.26. The smallest absolute Gasteiger partial charge is 0.165 e. The molecule has 3 nitrogen and oxygen atoms in total. The maximum atomic E-state index is 5.26. The van der Waals surface area contributed by atoms with Gasteiger partial charge in [0.2, 0.25) is 0 Å². The van der Waals surface area contributed by atoms with E-state index in [1.165, 1.54) is 31.3 Å². The van der Waals surface area contributed by atoms with Crippen molar-refractivity contribution >= 4 is 31.5 Å². The van der Waals surface area contributed by atoms with Gasteiger partial charge in [-0.05, 0) is 57.6 Å². The summed E-state index contributed by atoms with van der Waals surface area (Å²) in [7, 11) is 0. The summed E-state index contributed by atoms with van der Waals surface area (Å²) in [6.45, 7) is 0. The number of rotatable bonds is 6. The van der Waals surface area contributed by atoms with E-state index in [1.807, 2.05) is 18.2 Å². The van der Waals surface area contributed by atoms with Crippen molar-refractivity contribution in [1.29, 1.82) is 0 Å². The molecule has 2 aromatic heterocycles. The van der Waals surface area contributed by atoms with Crippen LogP contribution in [0.5, 0.6) is 0 Å². The van der Waals surface area contributed by atoms with E-state index in [-0.39, 0.29) is 0 Å². The van der Waals surface area contributed by atoms with Gasteiger partial charge in [-0.1, -0.05) is 152 Å². The lowest BCUT2D eigenvalue weighted by Gasteiger charge is -2.14. The van der Waals surface area contributed by atoms with Gasteiger partial charge >= 0.3 is 0 Å². The van der Waals surface area contributed by atoms with Crippen LogP contribution >= 0.6 is 11.3 Å². The van der Waals surface area contributed by atoms with Gasteiger partial charge in [0.1, 0.15) is 0 Å². The lowest BCUT2D eigenvalue weighted by molar-refractivity contribution is 1.08. The molecule has 7 aromatic carbocycles. The van der Waals surface area contributed by atoms with Gasteiger partial charge in [0, 0.05) is 36.9 Å². The molecule has 0 atom stereocenters. The van der Waals surface area contributed by atoms with Crippen LogP contribution in [0.25, 0.3) is 87.7 Å². The van der Waals surface area contributed by atoms with Gasteiger partial charge in [-0.3, -0.25) is 0 Å². The fraction of sp³-hybridized carbons (Fsp3) is 0. The van der Waals surface area contributed by atoms with E-state index < -0.39 is 0 Å². The number of hydrogen-bond donors (Lipinski definition) is 0. The Morgan fingerprint density at radius 2 is 0.816 bits per heavy atom. The summed E-state index contributed by atoms with van der Waals surface area (Å²) < 4.78 is 2.42. The summed E-state index contributed by atoms with van der Waals surface area (Å²) in [5.41, 5.74) is 9.72. The van der Waals surface area contributed by atoms with Gasteiger partial charge in [0.25, 0.3) is 0 Å². The first-order chi connectivity index (χ1) is 24.3. The van der Waals surface area contributed by atoms with Crippen LogP contribution in [0.2, 0.25) is 0 Å². The maximum Gasteiger partial charge on any atom is 0.165 e. The minimum atomic E-state index is 0.642. The van der Waals surface area contributed by atoms with E-state index in [2.05, 4.69) is 158 Å². The zero-order valence-electron chi connectivity index (χ0n) is 26.5. The third kappa shape index (κ3) is 5.48. The normalized spacial score (nSPS) is 11.3. The number of aromatic nitrogens is 3. The molecule has 0 spiro atoms. The van der Waals surface area contributed by atoms with Crippen molar-refractivity contribution in [2.75, 3.05) is 0 Å². The molecule has 9 rings (SSSR count). The first-order valence-electron chi connectivity index (χ1n) is 16.4. The first-order valence-corrected chi connectivity index (χ1v) is 17.2. The van der Waals surface area contributed by atoms with Crippen molar-refractivity contribution in [3.8, 4) is 67.5 Å². The van der Waals surface area contributed by atoms with Crippen molar-refractivity contribution in [2.24, 2.45) is 0 Å². The van der Waals surface area contributed by atoms with Crippen LogP contribution in [0, 0.1) is 0 Å². The van der Waals surface area contributed by atoms with Crippen LogP contribution in [0.15, 0.2) is 176 Å². The quantitative estimate of drug-likeness (QED) is 0.181. The zero-order chi connectivity index (χ0) is 32.6. The molecule has 2 heterocycles. The highest BCUT2D eigenvalue weighted by Crippen LogP contribution is 2.41. The minimum Gasteiger partial charge on any atom is -0.208 e. The van der Waals surface area contributed by atoms with Gasteiger partial charge in [-0.25, -0.2) is 15.0 Å². The molecular formula is C45H29N3S. The second-order valence-electron chi connectivity index (χ2n) is 12.0. The van der Waals surface area contributed by atoms with Crippen LogP contribution < -0.4 is 0 Å². The molecular weight excluding hydrogens is 615 g/mol.